The molecule has 0 rings (SSSR count). The van der Waals surface area contributed by atoms with Crippen LogP contribution in [0.15, 0.2) is 0 Å². The molecule has 0 aliphatic carbocycles. The maximum absolute atomic E-state index is 12.8. The lowest BCUT2D eigenvalue weighted by Gasteiger charge is -2.18. The molecule has 0 saturated carbocycles. The first-order valence-corrected chi connectivity index (χ1v) is 28.4. The fourth-order valence-electron chi connectivity index (χ4n) is 8.72. The van der Waals surface area contributed by atoms with Crippen molar-refractivity contribution in [1.82, 2.24) is 0 Å². The third-order valence-corrected chi connectivity index (χ3v) is 13.4. The summed E-state index contributed by atoms with van der Waals surface area (Å²) in [6, 6.07) is 0. The van der Waals surface area contributed by atoms with Crippen LogP contribution in [0.5, 0.6) is 0 Å². The minimum absolute atomic E-state index is 0.0622. The number of ether oxygens (including phenoxy) is 3. The third kappa shape index (κ3) is 49.7. The van der Waals surface area contributed by atoms with Crippen molar-refractivity contribution in [1.29, 1.82) is 0 Å². The highest BCUT2D eigenvalue weighted by Gasteiger charge is 2.19. The molecule has 2 atom stereocenters. The Kier molecular flexibility index (Phi) is 50.1. The fraction of sp³-hybridized carbons (Fsp3) is 0.947. The molecular weight excluding hydrogens is 781 g/mol. The number of hydrogen-bond acceptors (Lipinski definition) is 6. The zero-order chi connectivity index (χ0) is 45.9. The van der Waals surface area contributed by atoms with Gasteiger partial charge in [-0.05, 0) is 25.2 Å². The Hall–Kier alpha value is -1.59. The topological polar surface area (TPSA) is 78.9 Å². The molecule has 0 bridgehead atoms. The van der Waals surface area contributed by atoms with Crippen LogP contribution < -0.4 is 0 Å². The summed E-state index contributed by atoms with van der Waals surface area (Å²) in [5.74, 6) is 0.0302. The zero-order valence-corrected chi connectivity index (χ0v) is 43.0. The van der Waals surface area contributed by atoms with Crippen molar-refractivity contribution in [2.24, 2.45) is 5.92 Å². The highest BCUT2D eigenvalue weighted by molar-refractivity contribution is 5.71. The van der Waals surface area contributed by atoms with Crippen molar-refractivity contribution >= 4 is 17.9 Å². The van der Waals surface area contributed by atoms with E-state index < -0.39 is 6.10 Å². The van der Waals surface area contributed by atoms with Crippen molar-refractivity contribution in [3.8, 4) is 0 Å². The average molecular weight is 892 g/mol. The van der Waals surface area contributed by atoms with Crippen LogP contribution in [0.3, 0.4) is 0 Å². The van der Waals surface area contributed by atoms with Gasteiger partial charge in [-0.2, -0.15) is 0 Å². The van der Waals surface area contributed by atoms with Crippen LogP contribution >= 0.6 is 0 Å². The van der Waals surface area contributed by atoms with Gasteiger partial charge < -0.3 is 14.2 Å². The van der Waals surface area contributed by atoms with E-state index in [1.54, 1.807) is 0 Å². The monoisotopic (exact) mass is 891 g/mol. The van der Waals surface area contributed by atoms with E-state index in [-0.39, 0.29) is 31.1 Å². The summed E-state index contributed by atoms with van der Waals surface area (Å²) in [5, 5.41) is 0. The van der Waals surface area contributed by atoms with E-state index in [4.69, 9.17) is 14.2 Å². The summed E-state index contributed by atoms with van der Waals surface area (Å²) in [7, 11) is 0. The Morgan fingerprint density at radius 1 is 0.317 bits per heavy atom. The van der Waals surface area contributed by atoms with E-state index in [2.05, 4.69) is 27.7 Å². The van der Waals surface area contributed by atoms with Gasteiger partial charge in [0.1, 0.15) is 13.2 Å². The normalized spacial score (nSPS) is 12.4. The molecule has 0 aromatic rings. The van der Waals surface area contributed by atoms with E-state index >= 15 is 0 Å². The second-order valence-electron chi connectivity index (χ2n) is 19.8. The van der Waals surface area contributed by atoms with Crippen molar-refractivity contribution in [2.45, 2.75) is 329 Å². The summed E-state index contributed by atoms with van der Waals surface area (Å²) in [6.07, 6.45) is 55.1. The summed E-state index contributed by atoms with van der Waals surface area (Å²) in [4.78, 5) is 38.1. The second kappa shape index (κ2) is 51.4. The van der Waals surface area contributed by atoms with Gasteiger partial charge in [-0.1, -0.05) is 285 Å². The first kappa shape index (κ1) is 61.4. The largest absolute Gasteiger partial charge is 0.462 e. The number of carbonyl (C=O) groups is 3. The molecule has 0 spiro atoms. The molecule has 6 heteroatoms. The van der Waals surface area contributed by atoms with Gasteiger partial charge in [0.05, 0.1) is 0 Å². The van der Waals surface area contributed by atoms with Crippen LogP contribution in [0.1, 0.15) is 323 Å². The third-order valence-electron chi connectivity index (χ3n) is 13.4. The molecule has 0 saturated heterocycles. The highest BCUT2D eigenvalue weighted by Crippen LogP contribution is 2.18. The van der Waals surface area contributed by atoms with Crippen molar-refractivity contribution in [3.63, 3.8) is 0 Å². The standard InChI is InChI=1S/C57H110O6/c1-5-8-10-12-14-16-18-20-22-24-26-28-33-37-41-45-49-56(59)62-52-54(63-57(60)50-46-42-38-34-30-29-31-35-39-43-47-53(4)7-3)51-61-55(58)48-44-40-36-32-27-25-23-21-19-17-15-13-11-9-6-2/h53-54H,5-52H2,1-4H3/t53?,54-/m0/s1. The highest BCUT2D eigenvalue weighted by atomic mass is 16.6. The second-order valence-corrected chi connectivity index (χ2v) is 19.8. The van der Waals surface area contributed by atoms with Gasteiger partial charge in [-0.15, -0.1) is 0 Å². The number of esters is 3. The van der Waals surface area contributed by atoms with Crippen molar-refractivity contribution in [2.75, 3.05) is 13.2 Å². The lowest BCUT2D eigenvalue weighted by atomic mass is 9.99. The Morgan fingerprint density at radius 2 is 0.556 bits per heavy atom. The first-order chi connectivity index (χ1) is 30.9. The Morgan fingerprint density at radius 3 is 0.825 bits per heavy atom. The lowest BCUT2D eigenvalue weighted by molar-refractivity contribution is -0.167. The van der Waals surface area contributed by atoms with Crippen LogP contribution in [0.2, 0.25) is 0 Å². The van der Waals surface area contributed by atoms with Gasteiger partial charge in [0, 0.05) is 19.3 Å². The minimum Gasteiger partial charge on any atom is -0.462 e. The van der Waals surface area contributed by atoms with Gasteiger partial charge in [-0.3, -0.25) is 14.4 Å². The Labute approximate surface area is 393 Å². The molecule has 0 aliphatic rings. The maximum Gasteiger partial charge on any atom is 0.306 e. The molecule has 0 aromatic heterocycles. The molecule has 0 N–H and O–H groups in total. The molecule has 1 unspecified atom stereocenters. The Balaban J connectivity index is 4.30. The van der Waals surface area contributed by atoms with E-state index in [1.807, 2.05) is 0 Å². The quantitative estimate of drug-likeness (QED) is 0.0344. The fourth-order valence-corrected chi connectivity index (χ4v) is 8.72. The summed E-state index contributed by atoms with van der Waals surface area (Å²) in [6.45, 7) is 9.08. The van der Waals surface area contributed by atoms with Crippen LogP contribution in [-0.4, -0.2) is 37.2 Å². The molecule has 63 heavy (non-hydrogen) atoms. The molecule has 0 fully saturated rings. The maximum atomic E-state index is 12.8. The van der Waals surface area contributed by atoms with E-state index in [9.17, 15) is 14.4 Å². The first-order valence-electron chi connectivity index (χ1n) is 28.4. The van der Waals surface area contributed by atoms with Crippen molar-refractivity contribution < 1.29 is 28.6 Å². The number of rotatable bonds is 52. The van der Waals surface area contributed by atoms with Crippen LogP contribution in [0.25, 0.3) is 0 Å². The molecule has 374 valence electrons. The molecule has 6 nitrogen and oxygen atoms in total. The zero-order valence-electron chi connectivity index (χ0n) is 43.0. The van der Waals surface area contributed by atoms with Gasteiger partial charge in [0.2, 0.25) is 0 Å². The number of carbonyl (C=O) groups excluding carboxylic acids is 3. The van der Waals surface area contributed by atoms with Gasteiger partial charge in [-0.25, -0.2) is 0 Å². The molecule has 0 heterocycles. The smallest absolute Gasteiger partial charge is 0.306 e. The average Bonchev–Trinajstić information content (AvgIpc) is 3.28. The molecule has 0 aliphatic heterocycles. The van der Waals surface area contributed by atoms with Gasteiger partial charge in [0.15, 0.2) is 6.10 Å². The van der Waals surface area contributed by atoms with Crippen LogP contribution in [0, 0.1) is 5.92 Å². The van der Waals surface area contributed by atoms with Crippen LogP contribution in [0.4, 0.5) is 0 Å². The van der Waals surface area contributed by atoms with E-state index in [1.165, 1.54) is 218 Å². The van der Waals surface area contributed by atoms with Gasteiger partial charge >= 0.3 is 17.9 Å². The molecule has 0 radical (unpaired) electrons. The van der Waals surface area contributed by atoms with Crippen molar-refractivity contribution in [3.05, 3.63) is 0 Å². The summed E-state index contributed by atoms with van der Waals surface area (Å²) in [5.41, 5.74) is 0. The summed E-state index contributed by atoms with van der Waals surface area (Å²) >= 11 is 0. The molecule has 0 amide bonds. The van der Waals surface area contributed by atoms with Gasteiger partial charge in [0.25, 0.3) is 0 Å². The molecular formula is C57H110O6. The number of unbranched alkanes of at least 4 members (excludes halogenated alkanes) is 38. The SMILES string of the molecule is CCCCCCCCCCCCCCCCCCC(=O)OC[C@H](COC(=O)CCCCCCCCCCCCCCCCC)OC(=O)CCCCCCCCCCCCC(C)CC. The van der Waals surface area contributed by atoms with E-state index in [0.717, 1.165) is 63.7 Å². The predicted octanol–water partition coefficient (Wildman–Crippen LogP) is 18.6. The predicted molar refractivity (Wildman–Crippen MR) is 270 cm³/mol. The minimum atomic E-state index is -0.762. The lowest BCUT2D eigenvalue weighted by Crippen LogP contribution is -2.30. The Bertz CT molecular complexity index is 951. The summed E-state index contributed by atoms with van der Waals surface area (Å²) < 4.78 is 16.9. The van der Waals surface area contributed by atoms with Crippen LogP contribution in [-0.2, 0) is 28.6 Å². The van der Waals surface area contributed by atoms with E-state index in [0.29, 0.717) is 19.3 Å². The molecule has 0 aromatic carbocycles. The number of hydrogen-bond donors (Lipinski definition) is 0.